The zero-order valence-electron chi connectivity index (χ0n) is 41.2. The third-order valence-electron chi connectivity index (χ3n) is 13.6. The van der Waals surface area contributed by atoms with Crippen LogP contribution >= 0.6 is 0 Å². The van der Waals surface area contributed by atoms with Gasteiger partial charge in [0.15, 0.2) is 13.5 Å². The van der Waals surface area contributed by atoms with E-state index in [1.54, 1.807) is 50.9 Å². The predicted octanol–water partition coefficient (Wildman–Crippen LogP) is 7.33. The van der Waals surface area contributed by atoms with Crippen LogP contribution in [0.15, 0.2) is 78.8 Å². The number of piperidine rings is 2. The van der Waals surface area contributed by atoms with Crippen LogP contribution in [-0.4, -0.2) is 141 Å². The molecule has 0 spiro atoms. The molecule has 69 heavy (non-hydrogen) atoms. The lowest BCUT2D eigenvalue weighted by Crippen LogP contribution is -2.59. The second kappa shape index (κ2) is 22.0. The number of likely N-dealkylation sites (tertiary alicyclic amines) is 2. The zero-order valence-corrected chi connectivity index (χ0v) is 41.2. The third kappa shape index (κ3) is 12.9. The summed E-state index contributed by atoms with van der Waals surface area (Å²) in [5, 5.41) is 9.41. The number of fused-ring (bicyclic) bond motifs is 2. The molecule has 3 aliphatic rings. The summed E-state index contributed by atoms with van der Waals surface area (Å²) in [6.07, 6.45) is 7.85. The Morgan fingerprint density at radius 2 is 1.42 bits per heavy atom. The van der Waals surface area contributed by atoms with Gasteiger partial charge in [-0.15, -0.1) is 13.2 Å². The molecule has 17 nitrogen and oxygen atoms in total. The van der Waals surface area contributed by atoms with Gasteiger partial charge in [0, 0.05) is 81.7 Å². The quantitative estimate of drug-likeness (QED) is 0.0878. The molecule has 3 aliphatic heterocycles. The third-order valence-corrected chi connectivity index (χ3v) is 13.6. The minimum atomic E-state index is -0.883. The number of hydrogen-bond donors (Lipinski definition) is 1. The van der Waals surface area contributed by atoms with Crippen molar-refractivity contribution in [3.05, 3.63) is 101 Å². The smallest absolute Gasteiger partial charge is 0.428 e. The zero-order chi connectivity index (χ0) is 49.5. The van der Waals surface area contributed by atoms with Crippen molar-refractivity contribution in [3.8, 4) is 0 Å². The second-order valence-electron chi connectivity index (χ2n) is 20.0. The summed E-state index contributed by atoms with van der Waals surface area (Å²) in [4.78, 5) is 76.7. The van der Waals surface area contributed by atoms with E-state index in [-0.39, 0.29) is 43.3 Å². The van der Waals surface area contributed by atoms with Gasteiger partial charge < -0.3 is 39.0 Å². The van der Waals surface area contributed by atoms with E-state index < -0.39 is 29.6 Å². The van der Waals surface area contributed by atoms with Crippen LogP contribution in [0.5, 0.6) is 0 Å². The minimum Gasteiger partial charge on any atom is -0.428 e. The van der Waals surface area contributed by atoms with Crippen molar-refractivity contribution in [3.63, 3.8) is 0 Å². The van der Waals surface area contributed by atoms with Crippen LogP contribution in [0.4, 0.5) is 14.4 Å². The lowest BCUT2D eigenvalue weighted by Gasteiger charge is -2.43. The standard InChI is InChI=1S/C52H70N8O9/c1-9-19-51(4,5)68-49(64)66-34-59-33-40-30-37(29-36(3)45(40)54-59)31-43(47(62)57-27-25-56(26-28-57)41-17-21-55(8)22-18-41)53-48(63)58-23-15-38(16-24-58)42-32-39-13-11-12-14-44(39)60(46(42)61)35-67-50(65)69-52(6,7)20-10-2/h9-14,29-30,32-33,38,41,43H,1-2,15-28,31,34-35H2,3-8H3,(H,53,63). The number of amides is 3. The van der Waals surface area contributed by atoms with Gasteiger partial charge in [0.1, 0.15) is 17.2 Å². The number of nitrogens with zero attached hydrogens (tertiary/aromatic N) is 7. The van der Waals surface area contributed by atoms with Crippen molar-refractivity contribution in [1.29, 1.82) is 0 Å². The number of urea groups is 1. The fraction of sp³-hybridized carbons (Fsp3) is 0.538. The Bertz CT molecular complexity index is 2560. The van der Waals surface area contributed by atoms with Gasteiger partial charge >= 0.3 is 18.3 Å². The van der Waals surface area contributed by atoms with E-state index in [4.69, 9.17) is 18.9 Å². The first kappa shape index (κ1) is 50.7. The number of aryl methyl sites for hydroxylation is 1. The average molecular weight is 951 g/mol. The number of carbonyl (C=O) groups is 4. The fourth-order valence-electron chi connectivity index (χ4n) is 9.87. The van der Waals surface area contributed by atoms with Gasteiger partial charge in [0.25, 0.3) is 5.56 Å². The van der Waals surface area contributed by atoms with Gasteiger partial charge in [-0.3, -0.25) is 19.1 Å². The van der Waals surface area contributed by atoms with Gasteiger partial charge in [-0.25, -0.2) is 19.1 Å². The summed E-state index contributed by atoms with van der Waals surface area (Å²) < 4.78 is 24.8. The van der Waals surface area contributed by atoms with Crippen molar-refractivity contribution < 1.29 is 38.1 Å². The maximum Gasteiger partial charge on any atom is 0.510 e. The lowest BCUT2D eigenvalue weighted by molar-refractivity contribution is -0.135. The summed E-state index contributed by atoms with van der Waals surface area (Å²) in [6.45, 7) is 21.5. The van der Waals surface area contributed by atoms with E-state index in [9.17, 15) is 24.0 Å². The van der Waals surface area contributed by atoms with Crippen LogP contribution in [0.2, 0.25) is 0 Å². The number of ether oxygens (including phenoxy) is 4. The molecule has 3 saturated heterocycles. The minimum absolute atomic E-state index is 0.131. The molecule has 0 aliphatic carbocycles. The molecule has 0 saturated carbocycles. The molecular formula is C52H70N8O9. The highest BCUT2D eigenvalue weighted by Gasteiger charge is 2.34. The number of piperazine rings is 1. The monoisotopic (exact) mass is 951 g/mol. The normalized spacial score (nSPS) is 17.4. The number of aromatic nitrogens is 3. The Morgan fingerprint density at radius 3 is 2.06 bits per heavy atom. The Kier molecular flexibility index (Phi) is 16.2. The highest BCUT2D eigenvalue weighted by Crippen LogP contribution is 2.29. The molecule has 3 fully saturated rings. The fourth-order valence-corrected chi connectivity index (χ4v) is 9.87. The summed E-state index contributed by atoms with van der Waals surface area (Å²) in [5.41, 5.74) is 1.79. The molecule has 0 bridgehead atoms. The van der Waals surface area contributed by atoms with Crippen LogP contribution in [-0.2, 0) is 43.6 Å². The topological polar surface area (TPSA) is 170 Å². The molecule has 1 N–H and O–H groups in total. The molecule has 5 heterocycles. The molecule has 7 rings (SSSR count). The highest BCUT2D eigenvalue weighted by molar-refractivity contribution is 5.88. The molecule has 2 aromatic heterocycles. The number of pyridine rings is 1. The number of benzene rings is 2. The molecular weight excluding hydrogens is 881 g/mol. The predicted molar refractivity (Wildman–Crippen MR) is 264 cm³/mol. The Balaban J connectivity index is 1.04. The first-order valence-corrected chi connectivity index (χ1v) is 24.2. The van der Waals surface area contributed by atoms with Gasteiger partial charge in [-0.2, -0.15) is 5.10 Å². The van der Waals surface area contributed by atoms with Crippen molar-refractivity contribution >= 4 is 46.1 Å². The number of para-hydroxylation sites is 1. The van der Waals surface area contributed by atoms with Crippen LogP contribution in [0.25, 0.3) is 21.8 Å². The molecule has 2 aromatic carbocycles. The summed E-state index contributed by atoms with van der Waals surface area (Å²) in [5.74, 6) is -0.293. The maximum atomic E-state index is 14.6. The number of nitrogens with one attached hydrogen (secondary N) is 1. The van der Waals surface area contributed by atoms with Crippen LogP contribution in [0.1, 0.15) is 88.8 Å². The van der Waals surface area contributed by atoms with E-state index in [1.165, 1.54) is 9.25 Å². The van der Waals surface area contributed by atoms with E-state index >= 15 is 0 Å². The maximum absolute atomic E-state index is 14.6. The van der Waals surface area contributed by atoms with Crippen molar-refractivity contribution in [2.24, 2.45) is 0 Å². The highest BCUT2D eigenvalue weighted by atomic mass is 16.7. The molecule has 4 aromatic rings. The molecule has 0 radical (unpaired) electrons. The van der Waals surface area contributed by atoms with Crippen molar-refractivity contribution in [1.82, 2.24) is 39.3 Å². The van der Waals surface area contributed by atoms with E-state index in [0.717, 1.165) is 66.4 Å². The van der Waals surface area contributed by atoms with Gasteiger partial charge in [0.2, 0.25) is 5.91 Å². The molecule has 372 valence electrons. The SMILES string of the molecule is C=CCC(C)(C)OC(=O)OCn1cc2cc(CC(NC(=O)N3CCC(c4cc5ccccc5n(COC(=O)OC(C)(C)CC=C)c4=O)CC3)C(=O)N3CCN(C4CCN(C)CC4)CC3)cc(C)c2n1. The van der Waals surface area contributed by atoms with Crippen molar-refractivity contribution in [2.45, 2.75) is 122 Å². The van der Waals surface area contributed by atoms with Crippen LogP contribution in [0, 0.1) is 6.92 Å². The second-order valence-corrected chi connectivity index (χ2v) is 20.0. The van der Waals surface area contributed by atoms with Crippen LogP contribution < -0.4 is 10.9 Å². The first-order chi connectivity index (χ1) is 32.9. The first-order valence-electron chi connectivity index (χ1n) is 24.2. The summed E-state index contributed by atoms with van der Waals surface area (Å²) in [6, 6.07) is 12.6. The van der Waals surface area contributed by atoms with E-state index in [0.29, 0.717) is 69.0 Å². The lowest BCUT2D eigenvalue weighted by atomic mass is 9.89. The Morgan fingerprint density at radius 1 is 0.797 bits per heavy atom. The Hall–Kier alpha value is -6.20. The summed E-state index contributed by atoms with van der Waals surface area (Å²) in [7, 11) is 2.16. The molecule has 1 atom stereocenters. The molecule has 1 unspecified atom stereocenters. The molecule has 3 amide bonds. The van der Waals surface area contributed by atoms with Gasteiger partial charge in [0.05, 0.1) is 11.0 Å². The van der Waals surface area contributed by atoms with E-state index in [2.05, 4.69) is 40.4 Å². The largest absolute Gasteiger partial charge is 0.510 e. The number of carbonyl (C=O) groups excluding carboxylic acids is 4. The van der Waals surface area contributed by atoms with Gasteiger partial charge in [-0.05, 0) is 121 Å². The number of rotatable bonds is 16. The van der Waals surface area contributed by atoms with Gasteiger partial charge in [-0.1, -0.05) is 36.4 Å². The van der Waals surface area contributed by atoms with E-state index in [1.807, 2.05) is 54.3 Å². The summed E-state index contributed by atoms with van der Waals surface area (Å²) >= 11 is 0. The molecule has 17 heteroatoms. The number of hydrogen-bond acceptors (Lipinski definition) is 12. The van der Waals surface area contributed by atoms with Crippen LogP contribution in [0.3, 0.4) is 0 Å². The van der Waals surface area contributed by atoms with Crippen molar-refractivity contribution in [2.75, 3.05) is 59.4 Å². The average Bonchev–Trinajstić information content (AvgIpc) is 3.73. The Labute approximate surface area is 404 Å².